The fourth-order valence-corrected chi connectivity index (χ4v) is 9.76. The Morgan fingerprint density at radius 1 is 0.294 bits per heavy atom. The van der Waals surface area contributed by atoms with Crippen molar-refractivity contribution in [3.8, 4) is 44.9 Å². The van der Waals surface area contributed by atoms with Gasteiger partial charge in [0.25, 0.3) is 0 Å². The van der Waals surface area contributed by atoms with Crippen LogP contribution in [0.2, 0.25) is 0 Å². The second-order valence-electron chi connectivity index (χ2n) is 13.9. The molecule has 1 aliphatic heterocycles. The third-order valence-corrected chi connectivity index (χ3v) is 11.6. The highest BCUT2D eigenvalue weighted by atomic mass is 16.5. The molecule has 2 aliphatic carbocycles. The van der Waals surface area contributed by atoms with Crippen LogP contribution in [0.4, 0.5) is 0 Å². The molecule has 0 saturated heterocycles. The average Bonchev–Trinajstić information content (AvgIpc) is 3.67. The lowest BCUT2D eigenvalue weighted by Gasteiger charge is -2.39. The summed E-state index contributed by atoms with van der Waals surface area (Å²) in [5, 5.41) is 0. The molecule has 8 aromatic rings. The highest BCUT2D eigenvalue weighted by Crippen LogP contribution is 2.63. The van der Waals surface area contributed by atoms with E-state index in [0.29, 0.717) is 0 Å². The summed E-state index contributed by atoms with van der Waals surface area (Å²) in [6.45, 7) is 0. The van der Waals surface area contributed by atoms with Gasteiger partial charge in [0.1, 0.15) is 11.5 Å². The first kappa shape index (κ1) is 28.4. The summed E-state index contributed by atoms with van der Waals surface area (Å²) in [7, 11) is 0. The smallest absolute Gasteiger partial charge is 0.132 e. The molecule has 1 nitrogen and oxygen atoms in total. The average molecular weight is 649 g/mol. The summed E-state index contributed by atoms with van der Waals surface area (Å²) < 4.78 is 6.62. The molecule has 238 valence electrons. The molecule has 11 rings (SSSR count). The summed E-state index contributed by atoms with van der Waals surface area (Å²) in [4.78, 5) is 0. The lowest BCUT2D eigenvalue weighted by Crippen LogP contribution is -2.32. The fourth-order valence-electron chi connectivity index (χ4n) is 9.76. The molecule has 8 aromatic carbocycles. The van der Waals surface area contributed by atoms with Crippen molar-refractivity contribution in [3.63, 3.8) is 0 Å². The Bertz CT molecular complexity index is 2580. The number of para-hydroxylation sites is 2. The van der Waals surface area contributed by atoms with Crippen molar-refractivity contribution in [1.82, 2.24) is 0 Å². The van der Waals surface area contributed by atoms with Gasteiger partial charge in [0, 0.05) is 11.1 Å². The van der Waals surface area contributed by atoms with Crippen molar-refractivity contribution >= 4 is 0 Å². The number of hydrogen-bond donors (Lipinski definition) is 0. The van der Waals surface area contributed by atoms with E-state index in [9.17, 15) is 0 Å². The first-order valence-corrected chi connectivity index (χ1v) is 17.8. The van der Waals surface area contributed by atoms with Crippen LogP contribution in [0.1, 0.15) is 44.5 Å². The Labute approximate surface area is 298 Å². The van der Waals surface area contributed by atoms with Crippen molar-refractivity contribution in [2.75, 3.05) is 0 Å². The predicted octanol–water partition coefficient (Wildman–Crippen LogP) is 12.2. The normalized spacial score (nSPS) is 14.7. The highest BCUT2D eigenvalue weighted by molar-refractivity contribution is 5.97. The number of benzene rings is 8. The van der Waals surface area contributed by atoms with Crippen LogP contribution in [0, 0.1) is 0 Å². The summed E-state index contributed by atoms with van der Waals surface area (Å²) in [5.41, 5.74) is 16.8. The van der Waals surface area contributed by atoms with Crippen LogP contribution >= 0.6 is 0 Å². The highest BCUT2D eigenvalue weighted by Gasteiger charge is 2.51. The minimum Gasteiger partial charge on any atom is -0.457 e. The first-order valence-electron chi connectivity index (χ1n) is 17.8. The van der Waals surface area contributed by atoms with Crippen LogP contribution in [0.3, 0.4) is 0 Å². The standard InChI is InChI=1S/C50H32O/c1-3-16-34(17-4-1)49(35-18-5-2-6-19-35)41-24-10-8-21-39(41)48-36(22-15-27-44(48)49)33-30-31-38-37-20-7-9-23-40(37)50(45(38)32-33)42-25-11-13-28-46(42)51-47-29-14-12-26-43(47)50/h1-32H. The molecule has 0 N–H and O–H groups in total. The van der Waals surface area contributed by atoms with Crippen LogP contribution in [-0.2, 0) is 10.8 Å². The quantitative estimate of drug-likeness (QED) is 0.185. The molecule has 0 unspecified atom stereocenters. The zero-order valence-electron chi connectivity index (χ0n) is 27.9. The fraction of sp³-hybridized carbons (Fsp3) is 0.0400. The molecule has 51 heavy (non-hydrogen) atoms. The molecule has 0 atom stereocenters. The van der Waals surface area contributed by atoms with Gasteiger partial charge < -0.3 is 4.74 Å². The zero-order chi connectivity index (χ0) is 33.6. The van der Waals surface area contributed by atoms with E-state index < -0.39 is 10.8 Å². The SMILES string of the molecule is c1ccc(C2(c3ccccc3)c3ccccc3-c3c(-c4ccc5c(c4)C4(c6ccccc6Oc6ccccc64)c4ccccc4-5)cccc32)cc1. The minimum atomic E-state index is -0.513. The molecular formula is C50H32O. The Balaban J connectivity index is 1.22. The summed E-state index contributed by atoms with van der Waals surface area (Å²) in [6.07, 6.45) is 0. The molecule has 0 aromatic heterocycles. The number of fused-ring (bicyclic) bond motifs is 12. The van der Waals surface area contributed by atoms with Gasteiger partial charge in [0.15, 0.2) is 0 Å². The Hall–Kier alpha value is -6.44. The van der Waals surface area contributed by atoms with Crippen LogP contribution in [0.5, 0.6) is 11.5 Å². The lowest BCUT2D eigenvalue weighted by atomic mass is 9.66. The van der Waals surface area contributed by atoms with Crippen molar-refractivity contribution in [3.05, 3.63) is 239 Å². The van der Waals surface area contributed by atoms with Gasteiger partial charge >= 0.3 is 0 Å². The van der Waals surface area contributed by atoms with Gasteiger partial charge in [-0.05, 0) is 85.0 Å². The van der Waals surface area contributed by atoms with Gasteiger partial charge in [-0.1, -0.05) is 176 Å². The lowest BCUT2D eigenvalue weighted by molar-refractivity contribution is 0.436. The van der Waals surface area contributed by atoms with Gasteiger partial charge in [-0.3, -0.25) is 0 Å². The van der Waals surface area contributed by atoms with Crippen molar-refractivity contribution < 1.29 is 4.74 Å². The third-order valence-electron chi connectivity index (χ3n) is 11.6. The van der Waals surface area contributed by atoms with Gasteiger partial charge in [-0.15, -0.1) is 0 Å². The third kappa shape index (κ3) is 3.60. The number of rotatable bonds is 3. The monoisotopic (exact) mass is 648 g/mol. The van der Waals surface area contributed by atoms with Crippen molar-refractivity contribution in [2.24, 2.45) is 0 Å². The van der Waals surface area contributed by atoms with E-state index >= 15 is 0 Å². The Kier molecular flexibility index (Phi) is 5.86. The molecule has 1 heteroatoms. The van der Waals surface area contributed by atoms with E-state index in [1.54, 1.807) is 0 Å². The summed E-state index contributed by atoms with van der Waals surface area (Å²) in [5.74, 6) is 1.82. The van der Waals surface area contributed by atoms with Gasteiger partial charge in [-0.2, -0.15) is 0 Å². The van der Waals surface area contributed by atoms with Crippen molar-refractivity contribution in [2.45, 2.75) is 10.8 Å². The van der Waals surface area contributed by atoms with E-state index in [2.05, 4.69) is 194 Å². The molecule has 0 amide bonds. The maximum Gasteiger partial charge on any atom is 0.132 e. The molecule has 0 bridgehead atoms. The molecule has 0 saturated carbocycles. The van der Waals surface area contributed by atoms with E-state index in [0.717, 1.165) is 11.5 Å². The summed E-state index contributed by atoms with van der Waals surface area (Å²) in [6, 6.07) is 71.4. The molecule has 0 fully saturated rings. The van der Waals surface area contributed by atoms with Crippen LogP contribution in [0.25, 0.3) is 33.4 Å². The molecule has 3 aliphatic rings. The predicted molar refractivity (Wildman–Crippen MR) is 207 cm³/mol. The maximum absolute atomic E-state index is 6.62. The van der Waals surface area contributed by atoms with E-state index in [-0.39, 0.29) is 0 Å². The van der Waals surface area contributed by atoms with E-state index in [1.165, 1.54) is 77.9 Å². The van der Waals surface area contributed by atoms with Gasteiger partial charge in [0.05, 0.1) is 10.8 Å². The first-order chi connectivity index (χ1) is 25.3. The maximum atomic E-state index is 6.62. The molecule has 1 heterocycles. The van der Waals surface area contributed by atoms with Gasteiger partial charge in [-0.25, -0.2) is 0 Å². The Morgan fingerprint density at radius 3 is 1.41 bits per heavy atom. The van der Waals surface area contributed by atoms with Crippen molar-refractivity contribution in [1.29, 1.82) is 0 Å². The summed E-state index contributed by atoms with van der Waals surface area (Å²) >= 11 is 0. The van der Waals surface area contributed by atoms with E-state index in [4.69, 9.17) is 4.74 Å². The minimum absolute atomic E-state index is 0.447. The number of hydrogen-bond acceptors (Lipinski definition) is 1. The molecule has 0 radical (unpaired) electrons. The van der Waals surface area contributed by atoms with Crippen LogP contribution in [-0.4, -0.2) is 0 Å². The molecule has 1 spiro atoms. The zero-order valence-corrected chi connectivity index (χ0v) is 27.9. The van der Waals surface area contributed by atoms with E-state index in [1.807, 2.05) is 0 Å². The topological polar surface area (TPSA) is 9.23 Å². The van der Waals surface area contributed by atoms with Gasteiger partial charge in [0.2, 0.25) is 0 Å². The largest absolute Gasteiger partial charge is 0.457 e. The molecular weight excluding hydrogens is 617 g/mol. The number of ether oxygens (including phenoxy) is 1. The Morgan fingerprint density at radius 2 is 0.765 bits per heavy atom. The second-order valence-corrected chi connectivity index (χ2v) is 13.9. The van der Waals surface area contributed by atoms with Crippen LogP contribution < -0.4 is 4.74 Å². The second kappa shape index (κ2) is 10.5. The van der Waals surface area contributed by atoms with Crippen LogP contribution in [0.15, 0.2) is 194 Å².